The highest BCUT2D eigenvalue weighted by atomic mass is 19.1. The highest BCUT2D eigenvalue weighted by molar-refractivity contribution is 5.81. The minimum Gasteiger partial charge on any atom is -0.351 e. The first-order valence-electron chi connectivity index (χ1n) is 5.15. The quantitative estimate of drug-likeness (QED) is 0.781. The molecule has 1 amide bonds. The van der Waals surface area contributed by atoms with Crippen molar-refractivity contribution in [1.29, 1.82) is 0 Å². The lowest BCUT2D eigenvalue weighted by atomic mass is 9.83. The molecule has 1 aromatic carbocycles. The number of benzene rings is 1. The van der Waals surface area contributed by atoms with Crippen molar-refractivity contribution in [3.8, 4) is 0 Å². The Balaban J connectivity index is 2.40. The second-order valence-electron chi connectivity index (χ2n) is 4.73. The Morgan fingerprint density at radius 1 is 1.25 bits per heavy atom. The van der Waals surface area contributed by atoms with Gasteiger partial charge in [0.15, 0.2) is 0 Å². The van der Waals surface area contributed by atoms with Gasteiger partial charge in [0, 0.05) is 23.9 Å². The maximum Gasteiger partial charge on any atom is 0.221 e. The van der Waals surface area contributed by atoms with E-state index in [4.69, 9.17) is 0 Å². The Morgan fingerprint density at radius 2 is 1.81 bits per heavy atom. The number of amides is 1. The smallest absolute Gasteiger partial charge is 0.221 e. The van der Waals surface area contributed by atoms with Crippen LogP contribution < -0.4 is 5.32 Å². The van der Waals surface area contributed by atoms with Gasteiger partial charge in [0.25, 0.3) is 0 Å². The normalized spacial score (nSPS) is 23.2. The van der Waals surface area contributed by atoms with Crippen molar-refractivity contribution < 1.29 is 13.6 Å². The number of carbonyl (C=O) groups is 1. The van der Waals surface area contributed by atoms with Crippen molar-refractivity contribution in [2.24, 2.45) is 0 Å². The fraction of sp³-hybridized carbons (Fsp3) is 0.417. The maximum atomic E-state index is 13.1. The van der Waals surface area contributed by atoms with Crippen molar-refractivity contribution in [2.75, 3.05) is 0 Å². The molecular formula is C12H13F2NO. The fourth-order valence-corrected chi connectivity index (χ4v) is 2.25. The number of carbonyl (C=O) groups excluding carboxylic acids is 1. The molecule has 0 aliphatic carbocycles. The van der Waals surface area contributed by atoms with Crippen molar-refractivity contribution >= 4 is 5.91 Å². The SMILES string of the molecule is CC1(C)NC(=O)CC1c1cc(F)cc(F)c1. The standard InChI is InChI=1S/C12H13F2NO/c1-12(2)10(6-11(16)15-12)7-3-8(13)5-9(14)4-7/h3-5,10H,6H2,1-2H3,(H,15,16). The molecule has 1 heterocycles. The molecule has 86 valence electrons. The van der Waals surface area contributed by atoms with E-state index in [0.29, 0.717) is 5.56 Å². The summed E-state index contributed by atoms with van der Waals surface area (Å²) in [7, 11) is 0. The third kappa shape index (κ3) is 1.92. The topological polar surface area (TPSA) is 29.1 Å². The summed E-state index contributed by atoms with van der Waals surface area (Å²) in [6.07, 6.45) is 0.274. The van der Waals surface area contributed by atoms with Gasteiger partial charge in [0.2, 0.25) is 5.91 Å². The molecule has 1 aliphatic rings. The van der Waals surface area contributed by atoms with Crippen molar-refractivity contribution in [3.63, 3.8) is 0 Å². The van der Waals surface area contributed by atoms with Crippen LogP contribution in [0.4, 0.5) is 8.78 Å². The van der Waals surface area contributed by atoms with Gasteiger partial charge >= 0.3 is 0 Å². The van der Waals surface area contributed by atoms with Gasteiger partial charge in [-0.25, -0.2) is 8.78 Å². The summed E-state index contributed by atoms with van der Waals surface area (Å²) in [5.41, 5.74) is 0.0676. The molecule has 1 atom stereocenters. The van der Waals surface area contributed by atoms with E-state index in [1.54, 1.807) is 0 Å². The lowest BCUT2D eigenvalue weighted by molar-refractivity contribution is -0.119. The average Bonchev–Trinajstić information content (AvgIpc) is 2.37. The number of rotatable bonds is 1. The number of hydrogen-bond donors (Lipinski definition) is 1. The van der Waals surface area contributed by atoms with E-state index < -0.39 is 17.2 Å². The third-order valence-corrected chi connectivity index (χ3v) is 3.01. The minimum absolute atomic E-state index is 0.0836. The van der Waals surface area contributed by atoms with E-state index in [2.05, 4.69) is 5.32 Å². The monoisotopic (exact) mass is 225 g/mol. The molecule has 0 radical (unpaired) electrons. The predicted molar refractivity (Wildman–Crippen MR) is 55.9 cm³/mol. The van der Waals surface area contributed by atoms with Crippen LogP contribution in [0.2, 0.25) is 0 Å². The fourth-order valence-electron chi connectivity index (χ4n) is 2.25. The molecule has 1 fully saturated rings. The van der Waals surface area contributed by atoms with Gasteiger partial charge in [-0.05, 0) is 31.5 Å². The number of nitrogens with one attached hydrogen (secondary N) is 1. The number of hydrogen-bond acceptors (Lipinski definition) is 1. The first-order valence-corrected chi connectivity index (χ1v) is 5.15. The first-order chi connectivity index (χ1) is 7.38. The van der Waals surface area contributed by atoms with Gasteiger partial charge < -0.3 is 5.32 Å². The summed E-state index contributed by atoms with van der Waals surface area (Å²) in [6, 6.07) is 3.41. The molecule has 1 N–H and O–H groups in total. The Hall–Kier alpha value is -1.45. The van der Waals surface area contributed by atoms with Gasteiger partial charge in [-0.15, -0.1) is 0 Å². The van der Waals surface area contributed by atoms with Crippen LogP contribution >= 0.6 is 0 Å². The molecule has 2 nitrogen and oxygen atoms in total. The maximum absolute atomic E-state index is 13.1. The Kier molecular flexibility index (Phi) is 2.45. The third-order valence-electron chi connectivity index (χ3n) is 3.01. The van der Waals surface area contributed by atoms with E-state index in [1.807, 2.05) is 13.8 Å². The second-order valence-corrected chi connectivity index (χ2v) is 4.73. The van der Waals surface area contributed by atoms with Crippen LogP contribution in [0.3, 0.4) is 0 Å². The highest BCUT2D eigenvalue weighted by Gasteiger charge is 2.40. The summed E-state index contributed by atoms with van der Waals surface area (Å²) >= 11 is 0. The molecule has 1 unspecified atom stereocenters. The van der Waals surface area contributed by atoms with E-state index in [9.17, 15) is 13.6 Å². The molecule has 0 saturated carbocycles. The second kappa shape index (κ2) is 3.54. The molecule has 1 saturated heterocycles. The van der Waals surface area contributed by atoms with E-state index >= 15 is 0 Å². The molecule has 16 heavy (non-hydrogen) atoms. The molecule has 1 aliphatic heterocycles. The summed E-state index contributed by atoms with van der Waals surface area (Å²) in [5.74, 6) is -1.49. The molecular weight excluding hydrogens is 212 g/mol. The van der Waals surface area contributed by atoms with Crippen LogP contribution in [-0.2, 0) is 4.79 Å². The Morgan fingerprint density at radius 3 is 2.25 bits per heavy atom. The van der Waals surface area contributed by atoms with Crippen LogP contribution in [0, 0.1) is 11.6 Å². The zero-order valence-corrected chi connectivity index (χ0v) is 9.18. The Bertz CT molecular complexity index is 422. The van der Waals surface area contributed by atoms with E-state index in [0.717, 1.165) is 6.07 Å². The highest BCUT2D eigenvalue weighted by Crippen LogP contribution is 2.36. The lowest BCUT2D eigenvalue weighted by Crippen LogP contribution is -2.38. The van der Waals surface area contributed by atoms with Crippen LogP contribution in [0.25, 0.3) is 0 Å². The summed E-state index contributed by atoms with van der Waals surface area (Å²) < 4.78 is 26.2. The first kappa shape index (κ1) is 11.0. The molecule has 0 bridgehead atoms. The summed E-state index contributed by atoms with van der Waals surface area (Å²) in [5, 5.41) is 2.80. The summed E-state index contributed by atoms with van der Waals surface area (Å²) in [4.78, 5) is 11.3. The summed E-state index contributed by atoms with van der Waals surface area (Å²) in [6.45, 7) is 3.71. The van der Waals surface area contributed by atoms with Gasteiger partial charge in [-0.2, -0.15) is 0 Å². The Labute approximate surface area is 92.7 Å². The largest absolute Gasteiger partial charge is 0.351 e. The zero-order valence-electron chi connectivity index (χ0n) is 9.18. The van der Waals surface area contributed by atoms with Gasteiger partial charge in [-0.1, -0.05) is 0 Å². The van der Waals surface area contributed by atoms with Crippen molar-refractivity contribution in [1.82, 2.24) is 5.32 Å². The van der Waals surface area contributed by atoms with Crippen molar-refractivity contribution in [3.05, 3.63) is 35.4 Å². The zero-order chi connectivity index (χ0) is 11.9. The van der Waals surface area contributed by atoms with Gasteiger partial charge in [0.1, 0.15) is 11.6 Å². The van der Waals surface area contributed by atoms with E-state index in [1.165, 1.54) is 12.1 Å². The molecule has 0 aromatic heterocycles. The molecule has 1 aromatic rings. The van der Waals surface area contributed by atoms with Crippen LogP contribution in [0.1, 0.15) is 31.7 Å². The lowest BCUT2D eigenvalue weighted by Gasteiger charge is -2.26. The van der Waals surface area contributed by atoms with Crippen LogP contribution in [0.15, 0.2) is 18.2 Å². The van der Waals surface area contributed by atoms with Crippen molar-refractivity contribution in [2.45, 2.75) is 31.7 Å². The minimum atomic E-state index is -0.606. The van der Waals surface area contributed by atoms with Gasteiger partial charge in [-0.3, -0.25) is 4.79 Å². The number of halogens is 2. The van der Waals surface area contributed by atoms with Crippen LogP contribution in [-0.4, -0.2) is 11.4 Å². The van der Waals surface area contributed by atoms with Crippen LogP contribution in [0.5, 0.6) is 0 Å². The van der Waals surface area contributed by atoms with Gasteiger partial charge in [0.05, 0.1) is 0 Å². The van der Waals surface area contributed by atoms with E-state index in [-0.39, 0.29) is 18.2 Å². The molecule has 4 heteroatoms. The molecule has 0 spiro atoms. The average molecular weight is 225 g/mol. The molecule has 2 rings (SSSR count). The predicted octanol–water partition coefficient (Wildman–Crippen LogP) is 2.35.